The first-order chi connectivity index (χ1) is 10.1. The average Bonchev–Trinajstić information content (AvgIpc) is 3.06. The van der Waals surface area contributed by atoms with Gasteiger partial charge in [0.2, 0.25) is 5.95 Å². The smallest absolute Gasteiger partial charge is 0.206 e. The van der Waals surface area contributed by atoms with Crippen LogP contribution in [-0.4, -0.2) is 9.55 Å². The lowest BCUT2D eigenvalue weighted by atomic mass is 10.2. The van der Waals surface area contributed by atoms with Gasteiger partial charge in [-0.15, -0.1) is 11.3 Å². The molecule has 0 saturated carbocycles. The molecule has 0 fully saturated rings. The van der Waals surface area contributed by atoms with Crippen LogP contribution in [0.1, 0.15) is 0 Å². The fraction of sp³-hybridized carbons (Fsp3) is 0. The van der Waals surface area contributed by atoms with Gasteiger partial charge in [-0.1, -0.05) is 0 Å². The van der Waals surface area contributed by atoms with Gasteiger partial charge in [-0.2, -0.15) is 0 Å². The number of anilines is 1. The number of nitrogen functional groups attached to an aromatic ring is 1. The predicted molar refractivity (Wildman–Crippen MR) is 80.8 cm³/mol. The number of benzene rings is 2. The molecule has 2 aromatic heterocycles. The molecule has 104 valence electrons. The molecule has 6 heteroatoms. The van der Waals surface area contributed by atoms with E-state index in [4.69, 9.17) is 5.73 Å². The molecule has 3 nitrogen and oxygen atoms in total. The number of rotatable bonds is 1. The summed E-state index contributed by atoms with van der Waals surface area (Å²) < 4.78 is 30.2. The van der Waals surface area contributed by atoms with E-state index in [0.717, 1.165) is 16.2 Å². The van der Waals surface area contributed by atoms with Crippen molar-refractivity contribution in [3.8, 4) is 5.69 Å². The standard InChI is InChI=1S/C15H9F2N3S/c16-10-2-3-11-14(13(10)17)20(15(18)19-11)9-1-4-12-8(7-9)5-6-21-12/h1-7H,(H2,18,19). The highest BCUT2D eigenvalue weighted by Crippen LogP contribution is 2.29. The highest BCUT2D eigenvalue weighted by molar-refractivity contribution is 7.17. The fourth-order valence-corrected chi connectivity index (χ4v) is 3.25. The van der Waals surface area contributed by atoms with Crippen LogP contribution in [0.25, 0.3) is 26.8 Å². The molecular weight excluding hydrogens is 292 g/mol. The molecule has 4 rings (SSSR count). The van der Waals surface area contributed by atoms with Crippen molar-refractivity contribution in [1.82, 2.24) is 9.55 Å². The first kappa shape index (κ1) is 12.3. The van der Waals surface area contributed by atoms with Gasteiger partial charge in [-0.3, -0.25) is 4.57 Å². The van der Waals surface area contributed by atoms with E-state index in [1.807, 2.05) is 29.6 Å². The molecule has 2 heterocycles. The largest absolute Gasteiger partial charge is 0.369 e. The van der Waals surface area contributed by atoms with E-state index >= 15 is 0 Å². The molecule has 2 N–H and O–H groups in total. The Morgan fingerprint density at radius 3 is 2.81 bits per heavy atom. The minimum absolute atomic E-state index is 0.0575. The first-order valence-electron chi connectivity index (χ1n) is 6.25. The Hall–Kier alpha value is -2.47. The Morgan fingerprint density at radius 2 is 1.95 bits per heavy atom. The molecule has 21 heavy (non-hydrogen) atoms. The van der Waals surface area contributed by atoms with Gasteiger partial charge >= 0.3 is 0 Å². The molecule has 0 aliphatic carbocycles. The molecule has 0 saturated heterocycles. The van der Waals surface area contributed by atoms with Crippen molar-refractivity contribution in [3.05, 3.63) is 53.4 Å². The van der Waals surface area contributed by atoms with E-state index in [1.165, 1.54) is 10.6 Å². The zero-order valence-electron chi connectivity index (χ0n) is 10.7. The highest BCUT2D eigenvalue weighted by atomic mass is 32.1. The van der Waals surface area contributed by atoms with Gasteiger partial charge in [0.25, 0.3) is 0 Å². The van der Waals surface area contributed by atoms with Crippen LogP contribution in [0.3, 0.4) is 0 Å². The van der Waals surface area contributed by atoms with Crippen molar-refractivity contribution < 1.29 is 8.78 Å². The molecule has 0 radical (unpaired) electrons. The second-order valence-electron chi connectivity index (χ2n) is 4.68. The number of fused-ring (bicyclic) bond motifs is 2. The Balaban J connectivity index is 2.09. The summed E-state index contributed by atoms with van der Waals surface area (Å²) in [6.07, 6.45) is 0. The van der Waals surface area contributed by atoms with Crippen LogP contribution in [0.2, 0.25) is 0 Å². The SMILES string of the molecule is Nc1nc2ccc(F)c(F)c2n1-c1ccc2sccc2c1. The van der Waals surface area contributed by atoms with Crippen LogP contribution in [0, 0.1) is 11.6 Å². The summed E-state index contributed by atoms with van der Waals surface area (Å²) in [5.41, 5.74) is 6.93. The number of thiophene rings is 1. The van der Waals surface area contributed by atoms with Gasteiger partial charge in [-0.25, -0.2) is 13.8 Å². The third kappa shape index (κ3) is 1.72. The maximum Gasteiger partial charge on any atom is 0.206 e. The number of hydrogen-bond donors (Lipinski definition) is 1. The van der Waals surface area contributed by atoms with Crippen molar-refractivity contribution in [2.75, 3.05) is 5.73 Å². The van der Waals surface area contributed by atoms with Gasteiger partial charge in [0.05, 0.1) is 5.52 Å². The minimum Gasteiger partial charge on any atom is -0.369 e. The van der Waals surface area contributed by atoms with Crippen molar-refractivity contribution in [2.24, 2.45) is 0 Å². The molecule has 0 aliphatic heterocycles. The van der Waals surface area contributed by atoms with Crippen LogP contribution < -0.4 is 5.73 Å². The van der Waals surface area contributed by atoms with Gasteiger partial charge in [0, 0.05) is 10.4 Å². The molecule has 0 bridgehead atoms. The van der Waals surface area contributed by atoms with E-state index in [1.54, 1.807) is 11.3 Å². The Bertz CT molecular complexity index is 987. The normalized spacial score (nSPS) is 11.5. The van der Waals surface area contributed by atoms with Gasteiger partial charge in [-0.05, 0) is 47.2 Å². The summed E-state index contributed by atoms with van der Waals surface area (Å²) in [6.45, 7) is 0. The topological polar surface area (TPSA) is 43.8 Å². The van der Waals surface area contributed by atoms with Crippen molar-refractivity contribution in [3.63, 3.8) is 0 Å². The van der Waals surface area contributed by atoms with Gasteiger partial charge in [0.15, 0.2) is 11.6 Å². The second-order valence-corrected chi connectivity index (χ2v) is 5.62. The van der Waals surface area contributed by atoms with E-state index in [9.17, 15) is 8.78 Å². The number of imidazole rings is 1. The van der Waals surface area contributed by atoms with E-state index in [-0.39, 0.29) is 11.5 Å². The number of nitrogens with zero attached hydrogens (tertiary/aromatic N) is 2. The number of halogens is 2. The van der Waals surface area contributed by atoms with E-state index < -0.39 is 11.6 Å². The van der Waals surface area contributed by atoms with Crippen molar-refractivity contribution in [1.29, 1.82) is 0 Å². The van der Waals surface area contributed by atoms with E-state index in [2.05, 4.69) is 4.98 Å². The lowest BCUT2D eigenvalue weighted by Gasteiger charge is -2.07. The maximum atomic E-state index is 14.1. The summed E-state index contributed by atoms with van der Waals surface area (Å²) in [4.78, 5) is 4.10. The number of aromatic nitrogens is 2. The molecular formula is C15H9F2N3S. The van der Waals surface area contributed by atoms with Crippen LogP contribution in [0.15, 0.2) is 41.8 Å². The third-order valence-electron chi connectivity index (χ3n) is 3.43. The Labute approximate surface area is 122 Å². The number of nitrogens with two attached hydrogens (primary N) is 1. The lowest BCUT2D eigenvalue weighted by molar-refractivity contribution is 0.514. The fourth-order valence-electron chi connectivity index (χ4n) is 2.48. The summed E-state index contributed by atoms with van der Waals surface area (Å²) in [6, 6.07) is 10.1. The van der Waals surface area contributed by atoms with Crippen molar-refractivity contribution in [2.45, 2.75) is 0 Å². The summed E-state index contributed by atoms with van der Waals surface area (Å²) >= 11 is 1.62. The zero-order chi connectivity index (χ0) is 14.6. The molecule has 4 aromatic rings. The summed E-state index contributed by atoms with van der Waals surface area (Å²) in [5.74, 6) is -1.73. The van der Waals surface area contributed by atoms with Crippen LogP contribution in [0.4, 0.5) is 14.7 Å². The lowest BCUT2D eigenvalue weighted by Crippen LogP contribution is -2.02. The first-order valence-corrected chi connectivity index (χ1v) is 7.12. The van der Waals surface area contributed by atoms with Gasteiger partial charge < -0.3 is 5.73 Å². The number of hydrogen-bond acceptors (Lipinski definition) is 3. The molecule has 0 aliphatic rings. The van der Waals surface area contributed by atoms with E-state index in [0.29, 0.717) is 11.2 Å². The predicted octanol–water partition coefficient (Wildman–Crippen LogP) is 4.10. The quantitative estimate of drug-likeness (QED) is 0.575. The second kappa shape index (κ2) is 4.26. The Morgan fingerprint density at radius 1 is 1.10 bits per heavy atom. The minimum atomic E-state index is -0.942. The van der Waals surface area contributed by atoms with Crippen LogP contribution >= 0.6 is 11.3 Å². The maximum absolute atomic E-state index is 14.1. The van der Waals surface area contributed by atoms with Crippen molar-refractivity contribution >= 4 is 38.4 Å². The summed E-state index contributed by atoms with van der Waals surface area (Å²) in [5, 5.41) is 3.00. The molecule has 0 unspecified atom stereocenters. The molecule has 2 aromatic carbocycles. The van der Waals surface area contributed by atoms with Gasteiger partial charge in [0.1, 0.15) is 5.52 Å². The zero-order valence-corrected chi connectivity index (χ0v) is 11.5. The molecule has 0 atom stereocenters. The Kier molecular flexibility index (Phi) is 2.49. The van der Waals surface area contributed by atoms with Crippen LogP contribution in [-0.2, 0) is 0 Å². The highest BCUT2D eigenvalue weighted by Gasteiger charge is 2.17. The average molecular weight is 301 g/mol. The third-order valence-corrected chi connectivity index (χ3v) is 4.33. The van der Waals surface area contributed by atoms with Crippen LogP contribution in [0.5, 0.6) is 0 Å². The molecule has 0 spiro atoms. The molecule has 0 amide bonds. The summed E-state index contributed by atoms with van der Waals surface area (Å²) in [7, 11) is 0. The monoisotopic (exact) mass is 301 g/mol.